The predicted molar refractivity (Wildman–Crippen MR) is 97.6 cm³/mol. The van der Waals surface area contributed by atoms with Crippen LogP contribution in [0.3, 0.4) is 0 Å². The van der Waals surface area contributed by atoms with Crippen LogP contribution in [0.15, 0.2) is 9.59 Å². The van der Waals surface area contributed by atoms with Gasteiger partial charge in [-0.15, -0.1) is 0 Å². The third-order valence-electron chi connectivity index (χ3n) is 4.85. The Labute approximate surface area is 150 Å². The van der Waals surface area contributed by atoms with Gasteiger partial charge in [-0.25, -0.2) is 4.79 Å². The highest BCUT2D eigenvalue weighted by molar-refractivity contribution is 5.74. The summed E-state index contributed by atoms with van der Waals surface area (Å²) in [7, 11) is 3.03. The number of aromatic nitrogens is 4. The van der Waals surface area contributed by atoms with Crippen LogP contribution in [0.4, 0.5) is 5.95 Å². The molecule has 2 N–H and O–H groups in total. The summed E-state index contributed by atoms with van der Waals surface area (Å²) < 4.78 is 4.13. The Balaban J connectivity index is 2.11. The normalized spacial score (nSPS) is 17.2. The van der Waals surface area contributed by atoms with Gasteiger partial charge in [0.2, 0.25) is 5.95 Å². The van der Waals surface area contributed by atoms with Crippen LogP contribution >= 0.6 is 0 Å². The van der Waals surface area contributed by atoms with Crippen molar-refractivity contribution >= 4 is 17.1 Å². The molecule has 3 rings (SSSR count). The number of nitrogens with zero attached hydrogens (tertiary/aromatic N) is 6. The molecule has 0 aromatic carbocycles. The van der Waals surface area contributed by atoms with E-state index in [2.05, 4.69) is 14.8 Å². The van der Waals surface area contributed by atoms with E-state index >= 15 is 0 Å². The number of imidazole rings is 1. The average Bonchev–Trinajstić information content (AvgIpc) is 2.98. The molecule has 0 bridgehead atoms. The molecule has 1 aliphatic heterocycles. The third kappa shape index (κ3) is 3.15. The van der Waals surface area contributed by atoms with Crippen LogP contribution in [-0.2, 0) is 20.6 Å². The van der Waals surface area contributed by atoms with E-state index in [0.717, 1.165) is 17.7 Å². The lowest BCUT2D eigenvalue weighted by Gasteiger charge is -2.35. The van der Waals surface area contributed by atoms with Gasteiger partial charge in [0.1, 0.15) is 0 Å². The first kappa shape index (κ1) is 18.6. The molecule has 0 saturated carbocycles. The average molecular weight is 366 g/mol. The Morgan fingerprint density at radius 3 is 2.35 bits per heavy atom. The number of aliphatic hydroxyl groups is 2. The standard InChI is InChI=1S/C16H26N6O4/c1-11(24)10-22-12-13(18(2)16(26)19(3)14(12)25)17-15(22)21-6-4-20(5-7-21)8-9-23/h11,23-24H,4-10H2,1-3H3. The molecule has 0 aliphatic carbocycles. The SMILES string of the molecule is CC(O)Cn1c(N2CCN(CCO)CC2)nc2c1c(=O)n(C)c(=O)n2C. The summed E-state index contributed by atoms with van der Waals surface area (Å²) in [6.07, 6.45) is -0.663. The molecule has 144 valence electrons. The van der Waals surface area contributed by atoms with Gasteiger partial charge in [-0.2, -0.15) is 4.98 Å². The Bertz CT molecular complexity index is 904. The fourth-order valence-corrected chi connectivity index (χ4v) is 3.43. The molecule has 0 spiro atoms. The van der Waals surface area contributed by atoms with E-state index in [1.807, 2.05) is 0 Å². The molecule has 10 nitrogen and oxygen atoms in total. The van der Waals surface area contributed by atoms with Crippen molar-refractivity contribution in [2.75, 3.05) is 44.2 Å². The van der Waals surface area contributed by atoms with Crippen LogP contribution in [0, 0.1) is 0 Å². The van der Waals surface area contributed by atoms with E-state index in [0.29, 0.717) is 36.7 Å². The van der Waals surface area contributed by atoms with Crippen molar-refractivity contribution in [3.63, 3.8) is 0 Å². The van der Waals surface area contributed by atoms with Gasteiger partial charge in [-0.3, -0.25) is 18.8 Å². The highest BCUT2D eigenvalue weighted by atomic mass is 16.3. The van der Waals surface area contributed by atoms with Crippen molar-refractivity contribution in [3.8, 4) is 0 Å². The number of aryl methyl sites for hydroxylation is 1. The zero-order valence-corrected chi connectivity index (χ0v) is 15.4. The largest absolute Gasteiger partial charge is 0.395 e. The Kier molecular flexibility index (Phi) is 5.17. The molecular formula is C16H26N6O4. The van der Waals surface area contributed by atoms with Crippen LogP contribution < -0.4 is 16.1 Å². The lowest BCUT2D eigenvalue weighted by molar-refractivity contribution is 0.173. The van der Waals surface area contributed by atoms with E-state index in [4.69, 9.17) is 5.11 Å². The predicted octanol–water partition coefficient (Wildman–Crippen LogP) is -2.07. The number of aliphatic hydroxyl groups excluding tert-OH is 2. The molecule has 3 heterocycles. The zero-order valence-electron chi connectivity index (χ0n) is 15.4. The summed E-state index contributed by atoms with van der Waals surface area (Å²) in [5.41, 5.74) is -0.195. The number of anilines is 1. The lowest BCUT2D eigenvalue weighted by atomic mass is 10.3. The van der Waals surface area contributed by atoms with E-state index in [1.54, 1.807) is 18.5 Å². The molecule has 26 heavy (non-hydrogen) atoms. The van der Waals surface area contributed by atoms with Crippen LogP contribution in [0.5, 0.6) is 0 Å². The van der Waals surface area contributed by atoms with Crippen molar-refractivity contribution in [2.24, 2.45) is 14.1 Å². The topological polar surface area (TPSA) is 109 Å². The van der Waals surface area contributed by atoms with Gasteiger partial charge in [0.25, 0.3) is 5.56 Å². The van der Waals surface area contributed by atoms with Crippen LogP contribution in [0.2, 0.25) is 0 Å². The first-order chi connectivity index (χ1) is 12.3. The Morgan fingerprint density at radius 1 is 1.12 bits per heavy atom. The van der Waals surface area contributed by atoms with E-state index in [9.17, 15) is 14.7 Å². The summed E-state index contributed by atoms with van der Waals surface area (Å²) in [6.45, 7) is 5.56. The van der Waals surface area contributed by atoms with Gasteiger partial charge in [0.15, 0.2) is 11.2 Å². The van der Waals surface area contributed by atoms with E-state index < -0.39 is 17.4 Å². The van der Waals surface area contributed by atoms with Gasteiger partial charge >= 0.3 is 5.69 Å². The molecule has 10 heteroatoms. The molecular weight excluding hydrogens is 340 g/mol. The highest BCUT2D eigenvalue weighted by Crippen LogP contribution is 2.21. The van der Waals surface area contributed by atoms with Crippen molar-refractivity contribution in [1.82, 2.24) is 23.6 Å². The maximum Gasteiger partial charge on any atom is 0.332 e. The van der Waals surface area contributed by atoms with Gasteiger partial charge in [0, 0.05) is 46.8 Å². The van der Waals surface area contributed by atoms with Crippen LogP contribution in [0.1, 0.15) is 6.92 Å². The number of rotatable bonds is 5. The molecule has 2 aromatic heterocycles. The fraction of sp³-hybridized carbons (Fsp3) is 0.688. The minimum Gasteiger partial charge on any atom is -0.395 e. The second-order valence-corrected chi connectivity index (χ2v) is 6.80. The molecule has 2 aromatic rings. The van der Waals surface area contributed by atoms with Gasteiger partial charge in [0.05, 0.1) is 19.3 Å². The first-order valence-electron chi connectivity index (χ1n) is 8.77. The van der Waals surface area contributed by atoms with E-state index in [-0.39, 0.29) is 13.2 Å². The second kappa shape index (κ2) is 7.22. The minimum atomic E-state index is -0.663. The van der Waals surface area contributed by atoms with Crippen LogP contribution in [0.25, 0.3) is 11.2 Å². The van der Waals surface area contributed by atoms with Gasteiger partial charge in [-0.1, -0.05) is 0 Å². The number of hydrogen-bond acceptors (Lipinski definition) is 7. The zero-order chi connectivity index (χ0) is 19.0. The molecule has 1 unspecified atom stereocenters. The Morgan fingerprint density at radius 2 is 1.77 bits per heavy atom. The molecule has 1 saturated heterocycles. The van der Waals surface area contributed by atoms with E-state index in [1.165, 1.54) is 11.6 Å². The quantitative estimate of drug-likeness (QED) is 0.626. The molecule has 1 aliphatic rings. The number of fused-ring (bicyclic) bond motifs is 1. The maximum absolute atomic E-state index is 12.7. The Hall–Kier alpha value is -2.17. The minimum absolute atomic E-state index is 0.124. The summed E-state index contributed by atoms with van der Waals surface area (Å²) in [4.78, 5) is 33.7. The third-order valence-corrected chi connectivity index (χ3v) is 4.85. The fourth-order valence-electron chi connectivity index (χ4n) is 3.43. The highest BCUT2D eigenvalue weighted by Gasteiger charge is 2.25. The summed E-state index contributed by atoms with van der Waals surface area (Å²) in [5, 5.41) is 19.0. The van der Waals surface area contributed by atoms with Gasteiger partial charge in [-0.05, 0) is 6.92 Å². The summed E-state index contributed by atoms with van der Waals surface area (Å²) >= 11 is 0. The van der Waals surface area contributed by atoms with Crippen molar-refractivity contribution < 1.29 is 10.2 Å². The lowest BCUT2D eigenvalue weighted by Crippen LogP contribution is -2.48. The number of β-amino-alcohol motifs (C(OH)–C–C–N with tert-alkyl or cyclic N) is 1. The maximum atomic E-state index is 12.7. The summed E-state index contributed by atoms with van der Waals surface area (Å²) in [5.74, 6) is 0.586. The monoisotopic (exact) mass is 366 g/mol. The molecule has 1 fully saturated rings. The van der Waals surface area contributed by atoms with Crippen molar-refractivity contribution in [3.05, 3.63) is 20.8 Å². The summed E-state index contributed by atoms with van der Waals surface area (Å²) in [6, 6.07) is 0. The smallest absolute Gasteiger partial charge is 0.332 e. The molecule has 0 amide bonds. The van der Waals surface area contributed by atoms with Crippen LogP contribution in [-0.4, -0.2) is 79.2 Å². The molecule has 1 atom stereocenters. The number of piperazine rings is 1. The van der Waals surface area contributed by atoms with Gasteiger partial charge < -0.3 is 19.7 Å². The van der Waals surface area contributed by atoms with Crippen molar-refractivity contribution in [1.29, 1.82) is 0 Å². The molecule has 0 radical (unpaired) electrons. The van der Waals surface area contributed by atoms with Crippen molar-refractivity contribution in [2.45, 2.75) is 19.6 Å². The number of hydrogen-bond donors (Lipinski definition) is 2. The first-order valence-corrected chi connectivity index (χ1v) is 8.77. The second-order valence-electron chi connectivity index (χ2n) is 6.80.